The highest BCUT2D eigenvalue weighted by Gasteiger charge is 2.36. The number of amides is 3. The van der Waals surface area contributed by atoms with E-state index in [4.69, 9.17) is 16.3 Å². The molecular formula is C22H18ClN3O4S. The van der Waals surface area contributed by atoms with Crippen LogP contribution in [-0.2, 0) is 16.6 Å². The molecule has 0 atom stereocenters. The smallest absolute Gasteiger partial charge is 0.294 e. The van der Waals surface area contributed by atoms with Crippen LogP contribution in [0, 0.1) is 0 Å². The number of rotatable bonds is 5. The van der Waals surface area contributed by atoms with E-state index in [1.165, 1.54) is 13.2 Å². The number of methoxy groups -OCH3 is 1. The molecule has 3 amide bonds. The number of nitrogens with one attached hydrogen (secondary N) is 1. The first-order valence-corrected chi connectivity index (χ1v) is 10.5. The Morgan fingerprint density at radius 2 is 2.00 bits per heavy atom. The highest BCUT2D eigenvalue weighted by Crippen LogP contribution is 2.34. The van der Waals surface area contributed by atoms with Gasteiger partial charge in [0.2, 0.25) is 5.91 Å². The summed E-state index contributed by atoms with van der Waals surface area (Å²) in [5.41, 5.74) is 2.29. The average molecular weight is 456 g/mol. The minimum absolute atomic E-state index is 0.279. The number of para-hydroxylation sites is 1. The lowest BCUT2D eigenvalue weighted by molar-refractivity contribution is -0.127. The predicted octanol–water partition coefficient (Wildman–Crippen LogP) is 4.52. The van der Waals surface area contributed by atoms with Crippen LogP contribution < -0.4 is 10.1 Å². The monoisotopic (exact) mass is 455 g/mol. The normalized spacial score (nSPS) is 15.2. The van der Waals surface area contributed by atoms with Gasteiger partial charge in [-0.2, -0.15) is 0 Å². The number of carbonyl (C=O) groups is 3. The molecule has 1 aliphatic heterocycles. The van der Waals surface area contributed by atoms with Crippen molar-refractivity contribution in [3.8, 4) is 5.75 Å². The number of fused-ring (bicyclic) bond motifs is 1. The number of hydrogen-bond acceptors (Lipinski definition) is 5. The van der Waals surface area contributed by atoms with Gasteiger partial charge >= 0.3 is 0 Å². The van der Waals surface area contributed by atoms with E-state index in [2.05, 4.69) is 5.32 Å². The van der Waals surface area contributed by atoms with E-state index < -0.39 is 17.1 Å². The van der Waals surface area contributed by atoms with E-state index >= 15 is 0 Å². The lowest BCUT2D eigenvalue weighted by Crippen LogP contribution is -2.36. The Morgan fingerprint density at radius 1 is 1.23 bits per heavy atom. The maximum absolute atomic E-state index is 12.8. The summed E-state index contributed by atoms with van der Waals surface area (Å²) in [6, 6.07) is 12.6. The van der Waals surface area contributed by atoms with E-state index in [0.29, 0.717) is 16.5 Å². The van der Waals surface area contributed by atoms with Gasteiger partial charge in [0.05, 0.1) is 17.0 Å². The second-order valence-corrected chi connectivity index (χ2v) is 8.28. The predicted molar refractivity (Wildman–Crippen MR) is 122 cm³/mol. The summed E-state index contributed by atoms with van der Waals surface area (Å²) in [4.78, 5) is 38.8. The minimum atomic E-state index is -0.505. The van der Waals surface area contributed by atoms with Gasteiger partial charge < -0.3 is 14.6 Å². The summed E-state index contributed by atoms with van der Waals surface area (Å²) < 4.78 is 7.03. The first-order chi connectivity index (χ1) is 14.9. The van der Waals surface area contributed by atoms with Crippen LogP contribution in [0.4, 0.5) is 10.5 Å². The first-order valence-electron chi connectivity index (χ1n) is 9.30. The van der Waals surface area contributed by atoms with Crippen LogP contribution in [0.3, 0.4) is 0 Å². The van der Waals surface area contributed by atoms with Gasteiger partial charge in [0, 0.05) is 35.4 Å². The van der Waals surface area contributed by atoms with Crippen molar-refractivity contribution in [1.82, 2.24) is 9.47 Å². The number of thioether (sulfide) groups is 1. The number of benzene rings is 2. The molecular weight excluding hydrogens is 438 g/mol. The minimum Gasteiger partial charge on any atom is -0.495 e. The molecule has 0 radical (unpaired) electrons. The third kappa shape index (κ3) is 4.17. The number of halogens is 1. The van der Waals surface area contributed by atoms with Gasteiger partial charge in [-0.25, -0.2) is 0 Å². The van der Waals surface area contributed by atoms with Crippen molar-refractivity contribution >= 4 is 63.1 Å². The zero-order valence-electron chi connectivity index (χ0n) is 16.7. The van der Waals surface area contributed by atoms with Crippen LogP contribution in [0.2, 0.25) is 5.02 Å². The van der Waals surface area contributed by atoms with Crippen LogP contribution in [0.15, 0.2) is 53.6 Å². The SMILES string of the molecule is COc1ccc(NC(=O)CN2C(=O)SC(=Cc3cn(C)c4ccccc34)C2=O)cc1Cl. The Labute approximate surface area is 187 Å². The van der Waals surface area contributed by atoms with Gasteiger partial charge in [0.25, 0.3) is 11.1 Å². The summed E-state index contributed by atoms with van der Waals surface area (Å²) in [6.07, 6.45) is 3.59. The first kappa shape index (κ1) is 21.0. The summed E-state index contributed by atoms with van der Waals surface area (Å²) in [6.45, 7) is -0.388. The van der Waals surface area contributed by atoms with Crippen molar-refractivity contribution in [2.75, 3.05) is 19.0 Å². The molecule has 2 heterocycles. The standard InChI is InChI=1S/C22H18ClN3O4S/c1-25-11-13(15-5-3-4-6-17(15)25)9-19-21(28)26(22(29)31-19)12-20(27)24-14-7-8-18(30-2)16(23)10-14/h3-11H,12H2,1-2H3,(H,24,27). The summed E-state index contributed by atoms with van der Waals surface area (Å²) in [7, 11) is 3.41. The van der Waals surface area contributed by atoms with Crippen molar-refractivity contribution in [2.45, 2.75) is 0 Å². The molecule has 1 aromatic heterocycles. The van der Waals surface area contributed by atoms with Crippen LogP contribution in [0.1, 0.15) is 5.56 Å². The fraction of sp³-hybridized carbons (Fsp3) is 0.136. The molecule has 2 aromatic carbocycles. The Morgan fingerprint density at radius 3 is 2.74 bits per heavy atom. The molecule has 7 nitrogen and oxygen atoms in total. The molecule has 1 fully saturated rings. The Balaban J connectivity index is 1.50. The third-order valence-corrected chi connectivity index (χ3v) is 6.03. The molecule has 0 saturated carbocycles. The van der Waals surface area contributed by atoms with Crippen molar-refractivity contribution < 1.29 is 19.1 Å². The number of nitrogens with zero attached hydrogens (tertiary/aromatic N) is 2. The number of ether oxygens (including phenoxy) is 1. The van der Waals surface area contributed by atoms with Crippen LogP contribution in [0.5, 0.6) is 5.75 Å². The number of aryl methyl sites for hydroxylation is 1. The topological polar surface area (TPSA) is 80.6 Å². The number of hydrogen-bond donors (Lipinski definition) is 1. The van der Waals surface area contributed by atoms with Gasteiger partial charge in [-0.3, -0.25) is 19.3 Å². The van der Waals surface area contributed by atoms with E-state index in [9.17, 15) is 14.4 Å². The molecule has 9 heteroatoms. The summed E-state index contributed by atoms with van der Waals surface area (Å²) in [5, 5.41) is 3.47. The summed E-state index contributed by atoms with van der Waals surface area (Å²) in [5.74, 6) is -0.523. The molecule has 0 bridgehead atoms. The molecule has 4 rings (SSSR count). The largest absolute Gasteiger partial charge is 0.495 e. The maximum atomic E-state index is 12.8. The van der Waals surface area contributed by atoms with Crippen LogP contribution in [-0.4, -0.2) is 40.2 Å². The fourth-order valence-corrected chi connectivity index (χ4v) is 4.44. The van der Waals surface area contributed by atoms with Gasteiger partial charge in [0.15, 0.2) is 0 Å². The van der Waals surface area contributed by atoms with Gasteiger partial charge in [-0.05, 0) is 42.1 Å². The highest BCUT2D eigenvalue weighted by atomic mass is 35.5. The second-order valence-electron chi connectivity index (χ2n) is 6.88. The molecule has 0 aliphatic carbocycles. The quantitative estimate of drug-likeness (QED) is 0.572. The van der Waals surface area contributed by atoms with Crippen LogP contribution in [0.25, 0.3) is 17.0 Å². The Kier molecular flexibility index (Phi) is 5.75. The molecule has 1 saturated heterocycles. The number of anilines is 1. The highest BCUT2D eigenvalue weighted by molar-refractivity contribution is 8.18. The van der Waals surface area contributed by atoms with Crippen molar-refractivity contribution in [2.24, 2.45) is 7.05 Å². The van der Waals surface area contributed by atoms with E-state index in [0.717, 1.165) is 33.1 Å². The lowest BCUT2D eigenvalue weighted by atomic mass is 10.1. The number of imide groups is 1. The van der Waals surface area contributed by atoms with Crippen LogP contribution >= 0.6 is 23.4 Å². The lowest BCUT2D eigenvalue weighted by Gasteiger charge is -2.13. The molecule has 31 heavy (non-hydrogen) atoms. The molecule has 1 N–H and O–H groups in total. The summed E-state index contributed by atoms with van der Waals surface area (Å²) >= 11 is 6.88. The zero-order chi connectivity index (χ0) is 22.1. The second kappa shape index (κ2) is 8.49. The number of carbonyl (C=O) groups excluding carboxylic acids is 3. The van der Waals surface area contributed by atoms with Gasteiger partial charge in [-0.1, -0.05) is 29.8 Å². The Bertz CT molecular complexity index is 1250. The van der Waals surface area contributed by atoms with Crippen molar-refractivity contribution in [3.63, 3.8) is 0 Å². The maximum Gasteiger partial charge on any atom is 0.294 e. The number of aromatic nitrogens is 1. The van der Waals surface area contributed by atoms with Gasteiger partial charge in [-0.15, -0.1) is 0 Å². The third-order valence-electron chi connectivity index (χ3n) is 4.83. The van der Waals surface area contributed by atoms with E-state index in [1.807, 2.05) is 42.1 Å². The fourth-order valence-electron chi connectivity index (χ4n) is 3.35. The molecule has 0 spiro atoms. The average Bonchev–Trinajstić information content (AvgIpc) is 3.19. The van der Waals surface area contributed by atoms with Gasteiger partial charge in [0.1, 0.15) is 12.3 Å². The van der Waals surface area contributed by atoms with Crippen molar-refractivity contribution in [1.29, 1.82) is 0 Å². The molecule has 3 aromatic rings. The van der Waals surface area contributed by atoms with Crippen molar-refractivity contribution in [3.05, 3.63) is 64.2 Å². The molecule has 0 unspecified atom stereocenters. The van der Waals surface area contributed by atoms with E-state index in [1.54, 1.807) is 18.2 Å². The van der Waals surface area contributed by atoms with E-state index in [-0.39, 0.29) is 11.4 Å². The Hall–Kier alpha value is -3.23. The zero-order valence-corrected chi connectivity index (χ0v) is 18.3. The molecule has 1 aliphatic rings. The molecule has 158 valence electrons.